The molecule has 0 bridgehead atoms. The van der Waals surface area contributed by atoms with Crippen LogP contribution >= 0.6 is 0 Å². The Morgan fingerprint density at radius 2 is 1.88 bits per heavy atom. The van der Waals surface area contributed by atoms with Crippen molar-refractivity contribution in [3.05, 3.63) is 42.2 Å². The molecule has 1 aliphatic heterocycles. The van der Waals surface area contributed by atoms with Gasteiger partial charge in [-0.3, -0.25) is 9.59 Å². The van der Waals surface area contributed by atoms with Gasteiger partial charge in [0.1, 0.15) is 0 Å². The summed E-state index contributed by atoms with van der Waals surface area (Å²) in [5.74, 6) is 0.0791. The maximum absolute atomic E-state index is 12.4. The summed E-state index contributed by atoms with van der Waals surface area (Å²) in [6.45, 7) is 1.34. The average molecular weight is 327 g/mol. The normalized spacial score (nSPS) is 15.4. The Morgan fingerprint density at radius 1 is 1.17 bits per heavy atom. The van der Waals surface area contributed by atoms with Gasteiger partial charge in [0.2, 0.25) is 11.8 Å². The molecule has 0 spiro atoms. The lowest BCUT2D eigenvalue weighted by molar-refractivity contribution is -0.132. The number of nitrogens with two attached hydrogens (primary N) is 1. The number of likely N-dealkylation sites (tertiary alicyclic amines) is 1. The standard InChI is InChI=1S/C17H21N5O2/c18-16(23)10-13-6-8-21(9-7-13)17(24)11-14-12-19-22(20-14)15-4-2-1-3-5-15/h1-5,12-13H,6-11H2,(H2,18,23). The third kappa shape index (κ3) is 3.98. The third-order valence-corrected chi connectivity index (χ3v) is 4.32. The van der Waals surface area contributed by atoms with E-state index in [-0.39, 0.29) is 18.2 Å². The van der Waals surface area contributed by atoms with E-state index in [1.807, 2.05) is 35.2 Å². The first kappa shape index (κ1) is 16.2. The van der Waals surface area contributed by atoms with Crippen LogP contribution in [0, 0.1) is 5.92 Å². The Morgan fingerprint density at radius 3 is 2.54 bits per heavy atom. The van der Waals surface area contributed by atoms with E-state index in [0.717, 1.165) is 18.5 Å². The summed E-state index contributed by atoms with van der Waals surface area (Å²) in [6.07, 6.45) is 3.93. The van der Waals surface area contributed by atoms with Gasteiger partial charge >= 0.3 is 0 Å². The fourth-order valence-electron chi connectivity index (χ4n) is 3.00. The second-order valence-electron chi connectivity index (χ2n) is 6.13. The maximum Gasteiger partial charge on any atom is 0.228 e. The van der Waals surface area contributed by atoms with E-state index in [0.29, 0.717) is 31.1 Å². The average Bonchev–Trinajstić information content (AvgIpc) is 3.04. The summed E-state index contributed by atoms with van der Waals surface area (Å²) in [5, 5.41) is 8.58. The topological polar surface area (TPSA) is 94.1 Å². The minimum Gasteiger partial charge on any atom is -0.370 e. The van der Waals surface area contributed by atoms with Crippen molar-refractivity contribution in [3.8, 4) is 5.69 Å². The number of nitrogens with zero attached hydrogens (tertiary/aromatic N) is 4. The van der Waals surface area contributed by atoms with Gasteiger partial charge in [0.25, 0.3) is 0 Å². The molecule has 24 heavy (non-hydrogen) atoms. The summed E-state index contributed by atoms with van der Waals surface area (Å²) >= 11 is 0. The van der Waals surface area contributed by atoms with Gasteiger partial charge < -0.3 is 10.6 Å². The number of benzene rings is 1. The van der Waals surface area contributed by atoms with Crippen LogP contribution in [-0.2, 0) is 16.0 Å². The molecule has 0 unspecified atom stereocenters. The number of hydrogen-bond acceptors (Lipinski definition) is 4. The molecule has 0 saturated carbocycles. The Labute approximate surface area is 140 Å². The minimum atomic E-state index is -0.266. The number of carbonyl (C=O) groups excluding carboxylic acids is 2. The first-order chi connectivity index (χ1) is 11.6. The van der Waals surface area contributed by atoms with Gasteiger partial charge in [0.15, 0.2) is 0 Å². The van der Waals surface area contributed by atoms with Gasteiger partial charge in [0.05, 0.1) is 24.0 Å². The summed E-state index contributed by atoms with van der Waals surface area (Å²) < 4.78 is 0. The molecule has 1 aliphatic rings. The number of rotatable bonds is 5. The predicted octanol–water partition coefficient (Wildman–Crippen LogP) is 0.924. The van der Waals surface area contributed by atoms with Crippen LogP contribution in [0.5, 0.6) is 0 Å². The highest BCUT2D eigenvalue weighted by atomic mass is 16.2. The highest BCUT2D eigenvalue weighted by Gasteiger charge is 2.24. The number of para-hydroxylation sites is 1. The molecule has 0 radical (unpaired) electrons. The molecule has 2 aromatic rings. The van der Waals surface area contributed by atoms with Crippen molar-refractivity contribution in [2.45, 2.75) is 25.7 Å². The Bertz CT molecular complexity index is 705. The van der Waals surface area contributed by atoms with E-state index in [1.165, 1.54) is 4.80 Å². The van der Waals surface area contributed by atoms with Crippen LogP contribution in [0.15, 0.2) is 36.5 Å². The number of primary amides is 1. The molecule has 7 nitrogen and oxygen atoms in total. The van der Waals surface area contributed by atoms with Crippen LogP contribution in [-0.4, -0.2) is 44.8 Å². The highest BCUT2D eigenvalue weighted by molar-refractivity contribution is 5.78. The van der Waals surface area contributed by atoms with E-state index in [2.05, 4.69) is 10.2 Å². The van der Waals surface area contributed by atoms with Crippen molar-refractivity contribution in [3.63, 3.8) is 0 Å². The molecule has 1 fully saturated rings. The van der Waals surface area contributed by atoms with Crippen LogP contribution < -0.4 is 5.73 Å². The molecule has 3 rings (SSSR count). The van der Waals surface area contributed by atoms with E-state index in [1.54, 1.807) is 6.20 Å². The van der Waals surface area contributed by atoms with Gasteiger partial charge in [-0.15, -0.1) is 0 Å². The van der Waals surface area contributed by atoms with Crippen LogP contribution in [0.2, 0.25) is 0 Å². The molecule has 2 N–H and O–H groups in total. The van der Waals surface area contributed by atoms with Crippen LogP contribution in [0.4, 0.5) is 0 Å². The number of piperidine rings is 1. The predicted molar refractivity (Wildman–Crippen MR) is 88.2 cm³/mol. The Balaban J connectivity index is 1.54. The SMILES string of the molecule is NC(=O)CC1CCN(C(=O)Cc2cnn(-c3ccccc3)n2)CC1. The van der Waals surface area contributed by atoms with Gasteiger partial charge in [-0.05, 0) is 30.9 Å². The summed E-state index contributed by atoms with van der Waals surface area (Å²) in [5.41, 5.74) is 6.75. The van der Waals surface area contributed by atoms with Crippen molar-refractivity contribution in [2.75, 3.05) is 13.1 Å². The largest absolute Gasteiger partial charge is 0.370 e. The lowest BCUT2D eigenvalue weighted by atomic mass is 9.93. The summed E-state index contributed by atoms with van der Waals surface area (Å²) in [4.78, 5) is 26.7. The molecule has 2 heterocycles. The smallest absolute Gasteiger partial charge is 0.228 e. The maximum atomic E-state index is 12.4. The van der Waals surface area contributed by atoms with E-state index < -0.39 is 0 Å². The van der Waals surface area contributed by atoms with Crippen molar-refractivity contribution in [1.29, 1.82) is 0 Å². The van der Waals surface area contributed by atoms with Crippen molar-refractivity contribution in [2.24, 2.45) is 11.7 Å². The van der Waals surface area contributed by atoms with Gasteiger partial charge in [-0.1, -0.05) is 18.2 Å². The molecule has 1 aromatic carbocycles. The zero-order valence-corrected chi connectivity index (χ0v) is 13.5. The number of hydrogen-bond donors (Lipinski definition) is 1. The molecule has 1 saturated heterocycles. The van der Waals surface area contributed by atoms with Gasteiger partial charge in [0, 0.05) is 19.5 Å². The van der Waals surface area contributed by atoms with Crippen LogP contribution in [0.25, 0.3) is 5.69 Å². The van der Waals surface area contributed by atoms with Gasteiger partial charge in [-0.25, -0.2) is 0 Å². The quantitative estimate of drug-likeness (QED) is 0.883. The Hall–Kier alpha value is -2.70. The summed E-state index contributed by atoms with van der Waals surface area (Å²) in [7, 11) is 0. The highest BCUT2D eigenvalue weighted by Crippen LogP contribution is 2.20. The zero-order valence-electron chi connectivity index (χ0n) is 13.5. The molecule has 0 aliphatic carbocycles. The number of aromatic nitrogens is 3. The molecule has 7 heteroatoms. The van der Waals surface area contributed by atoms with Crippen molar-refractivity contribution in [1.82, 2.24) is 19.9 Å². The van der Waals surface area contributed by atoms with Crippen LogP contribution in [0.1, 0.15) is 25.0 Å². The van der Waals surface area contributed by atoms with Gasteiger partial charge in [-0.2, -0.15) is 15.0 Å². The van der Waals surface area contributed by atoms with Crippen molar-refractivity contribution >= 4 is 11.8 Å². The van der Waals surface area contributed by atoms with E-state index in [9.17, 15) is 9.59 Å². The molecule has 2 amide bonds. The minimum absolute atomic E-state index is 0.0487. The van der Waals surface area contributed by atoms with E-state index in [4.69, 9.17) is 5.73 Å². The molecular weight excluding hydrogens is 306 g/mol. The molecule has 126 valence electrons. The summed E-state index contributed by atoms with van der Waals surface area (Å²) in [6, 6.07) is 9.59. The monoisotopic (exact) mass is 327 g/mol. The third-order valence-electron chi connectivity index (χ3n) is 4.32. The number of amides is 2. The first-order valence-electron chi connectivity index (χ1n) is 8.14. The lowest BCUT2D eigenvalue weighted by Gasteiger charge is -2.31. The fourth-order valence-corrected chi connectivity index (χ4v) is 3.00. The molecule has 0 atom stereocenters. The molecule has 1 aromatic heterocycles. The molecular formula is C17H21N5O2. The zero-order chi connectivity index (χ0) is 16.9. The van der Waals surface area contributed by atoms with Crippen LogP contribution in [0.3, 0.4) is 0 Å². The number of carbonyl (C=O) groups is 2. The second-order valence-corrected chi connectivity index (χ2v) is 6.13. The second kappa shape index (κ2) is 7.25. The van der Waals surface area contributed by atoms with Crippen molar-refractivity contribution < 1.29 is 9.59 Å². The Kier molecular flexibility index (Phi) is 4.88. The first-order valence-corrected chi connectivity index (χ1v) is 8.14. The fraction of sp³-hybridized carbons (Fsp3) is 0.412. The lowest BCUT2D eigenvalue weighted by Crippen LogP contribution is -2.40. The van der Waals surface area contributed by atoms with E-state index >= 15 is 0 Å².